The molecule has 33 heavy (non-hydrogen) atoms. The van der Waals surface area contributed by atoms with E-state index in [4.69, 9.17) is 15.3 Å². The smallest absolute Gasteiger partial charge is 0.160 e. The number of nitrogens with zero attached hydrogens (tertiary/aromatic N) is 1. The fraction of sp³-hybridized carbons (Fsp3) is 0.522. The number of fused-ring (bicyclic) bond motifs is 1. The van der Waals surface area contributed by atoms with E-state index in [2.05, 4.69) is 10.5 Å². The molecule has 1 heterocycles. The van der Waals surface area contributed by atoms with Gasteiger partial charge in [0.2, 0.25) is 0 Å². The number of pyridine rings is 1. The normalized spacial score (nSPS) is 16.5. The van der Waals surface area contributed by atoms with E-state index < -0.39 is 0 Å². The van der Waals surface area contributed by atoms with Crippen LogP contribution in [0.25, 0.3) is 0 Å². The minimum absolute atomic E-state index is 0. The van der Waals surface area contributed by atoms with Crippen molar-refractivity contribution in [2.24, 2.45) is 5.73 Å². The third-order valence-electron chi connectivity index (χ3n) is 5.86. The number of phenols is 2. The molecule has 3 rings (SSSR count). The Morgan fingerprint density at radius 1 is 1.09 bits per heavy atom. The number of methoxy groups -OCH3 is 1. The van der Waals surface area contributed by atoms with Crippen molar-refractivity contribution in [2.45, 2.75) is 63.5 Å². The minimum Gasteiger partial charge on any atom is -0.504 e. The maximum absolute atomic E-state index is 10.1. The lowest BCUT2D eigenvalue weighted by atomic mass is 9.76. The molecule has 5 N–H and O–H groups in total. The van der Waals surface area contributed by atoms with Gasteiger partial charge in [0, 0.05) is 24.3 Å². The van der Waals surface area contributed by atoms with Gasteiger partial charge in [-0.1, -0.05) is 25.3 Å². The zero-order valence-electron chi connectivity index (χ0n) is 18.9. The van der Waals surface area contributed by atoms with Gasteiger partial charge in [-0.05, 0) is 55.4 Å². The Morgan fingerprint density at radius 3 is 2.61 bits per heavy atom. The van der Waals surface area contributed by atoms with Crippen molar-refractivity contribution < 1.29 is 19.8 Å². The predicted molar refractivity (Wildman–Crippen MR) is 137 cm³/mol. The molecule has 1 aliphatic rings. The molecule has 0 bridgehead atoms. The second kappa shape index (κ2) is 16.2. The number of rotatable bonds is 11. The van der Waals surface area contributed by atoms with Crippen molar-refractivity contribution in [1.29, 1.82) is 0 Å². The van der Waals surface area contributed by atoms with Crippen molar-refractivity contribution >= 4 is 37.2 Å². The number of hydrogen-bond donors (Lipinski definition) is 4. The van der Waals surface area contributed by atoms with E-state index in [1.54, 1.807) is 19.4 Å². The molecule has 0 saturated carbocycles. The van der Waals surface area contributed by atoms with Crippen molar-refractivity contribution in [3.05, 3.63) is 47.3 Å². The Bertz CT molecular complexity index is 830. The van der Waals surface area contributed by atoms with Crippen molar-refractivity contribution in [3.8, 4) is 17.2 Å². The number of hydroxylamine groups is 1. The summed E-state index contributed by atoms with van der Waals surface area (Å²) < 4.78 is 5.25. The van der Waals surface area contributed by atoms with E-state index >= 15 is 0 Å². The highest BCUT2D eigenvalue weighted by Crippen LogP contribution is 2.42. The van der Waals surface area contributed by atoms with E-state index in [0.717, 1.165) is 74.1 Å². The number of halogens is 3. The molecule has 1 aromatic heterocycles. The lowest BCUT2D eigenvalue weighted by Crippen LogP contribution is -2.33. The molecule has 0 spiro atoms. The zero-order valence-corrected chi connectivity index (χ0v) is 21.3. The Hall–Kier alpha value is -1.48. The molecule has 2 aromatic rings. The van der Waals surface area contributed by atoms with Crippen LogP contribution < -0.4 is 16.0 Å². The van der Waals surface area contributed by atoms with Crippen LogP contribution in [0.5, 0.6) is 17.2 Å². The number of nitrogens with one attached hydrogen (secondary N) is 1. The summed E-state index contributed by atoms with van der Waals surface area (Å²) in [6.45, 7) is 1.15. The molecule has 1 aromatic carbocycles. The number of unbranched alkanes of at least 4 members (excludes halogenated alkanes) is 3. The molecule has 188 valence electrons. The number of benzene rings is 1. The molecule has 0 radical (unpaired) electrons. The fourth-order valence-corrected chi connectivity index (χ4v) is 4.19. The lowest BCUT2D eigenvalue weighted by molar-refractivity contribution is 0.0243. The van der Waals surface area contributed by atoms with Gasteiger partial charge in [-0.2, -0.15) is 0 Å². The van der Waals surface area contributed by atoms with Gasteiger partial charge in [0.15, 0.2) is 11.5 Å². The SMILES string of the molecule is COc1cccnc1CONCCCCCCC1c2ccc(O)c(O)c2CCC1N.Cl.Cl.Cl. The van der Waals surface area contributed by atoms with E-state index in [9.17, 15) is 10.2 Å². The zero-order chi connectivity index (χ0) is 21.3. The standard InChI is InChI=1S/C23H33N3O4.3ClH/c1-29-22-8-6-13-25-20(22)15-30-26-14-5-3-2-4-7-17-16-10-12-21(27)23(28)18(16)9-11-19(17)24;;;/h6,8,10,12-13,17,19,26-28H,2-5,7,9,11,14-15,24H2,1H3;3*1H. The molecule has 7 nitrogen and oxygen atoms in total. The first-order valence-electron chi connectivity index (χ1n) is 10.7. The Morgan fingerprint density at radius 2 is 1.85 bits per heavy atom. The molecule has 0 aliphatic heterocycles. The highest BCUT2D eigenvalue weighted by Gasteiger charge is 2.29. The Kier molecular flexibility index (Phi) is 15.5. The Labute approximate surface area is 214 Å². The number of aromatic hydroxyl groups is 2. The summed E-state index contributed by atoms with van der Waals surface area (Å²) in [6, 6.07) is 7.31. The summed E-state index contributed by atoms with van der Waals surface area (Å²) in [7, 11) is 1.62. The highest BCUT2D eigenvalue weighted by molar-refractivity contribution is 5.86. The first-order chi connectivity index (χ1) is 14.6. The summed E-state index contributed by atoms with van der Waals surface area (Å²) in [5, 5.41) is 19.9. The van der Waals surface area contributed by atoms with Gasteiger partial charge in [-0.15, -0.1) is 37.2 Å². The summed E-state index contributed by atoms with van der Waals surface area (Å²) in [5.74, 6) is 0.957. The quantitative estimate of drug-likeness (QED) is 0.190. The van der Waals surface area contributed by atoms with E-state index in [1.165, 1.54) is 0 Å². The van der Waals surface area contributed by atoms with Crippen molar-refractivity contribution in [2.75, 3.05) is 13.7 Å². The van der Waals surface area contributed by atoms with E-state index in [-0.39, 0.29) is 60.7 Å². The maximum atomic E-state index is 10.1. The second-order valence-electron chi connectivity index (χ2n) is 7.85. The van der Waals surface area contributed by atoms with Gasteiger partial charge in [-0.25, -0.2) is 5.48 Å². The van der Waals surface area contributed by atoms with Gasteiger partial charge in [0.1, 0.15) is 18.1 Å². The van der Waals surface area contributed by atoms with Crippen LogP contribution >= 0.6 is 37.2 Å². The van der Waals surface area contributed by atoms with E-state index in [0.29, 0.717) is 6.61 Å². The van der Waals surface area contributed by atoms with Crippen LogP contribution in [0.2, 0.25) is 0 Å². The molecule has 0 fully saturated rings. The first-order valence-corrected chi connectivity index (χ1v) is 10.7. The van der Waals surface area contributed by atoms with Gasteiger partial charge >= 0.3 is 0 Å². The molecule has 2 atom stereocenters. The molecule has 0 amide bonds. The summed E-state index contributed by atoms with van der Waals surface area (Å²) >= 11 is 0. The Balaban J connectivity index is 0.00000341. The third-order valence-corrected chi connectivity index (χ3v) is 5.86. The van der Waals surface area contributed by atoms with Crippen LogP contribution in [0.1, 0.15) is 61.3 Å². The van der Waals surface area contributed by atoms with Gasteiger partial charge in [-0.3, -0.25) is 9.82 Å². The average Bonchev–Trinajstić information content (AvgIpc) is 2.76. The van der Waals surface area contributed by atoms with Crippen LogP contribution in [0.4, 0.5) is 0 Å². The monoisotopic (exact) mass is 523 g/mol. The number of hydrogen-bond acceptors (Lipinski definition) is 7. The van der Waals surface area contributed by atoms with Crippen LogP contribution in [0, 0.1) is 0 Å². The number of aromatic nitrogens is 1. The number of phenolic OH excluding ortho intramolecular Hbond substituents is 2. The largest absolute Gasteiger partial charge is 0.504 e. The second-order valence-corrected chi connectivity index (χ2v) is 7.85. The molecular formula is C23H36Cl3N3O4. The van der Waals surface area contributed by atoms with Crippen molar-refractivity contribution in [1.82, 2.24) is 10.5 Å². The van der Waals surface area contributed by atoms with Crippen molar-refractivity contribution in [3.63, 3.8) is 0 Å². The summed E-state index contributed by atoms with van der Waals surface area (Å²) in [4.78, 5) is 9.74. The van der Waals surface area contributed by atoms with Gasteiger partial charge in [0.25, 0.3) is 0 Å². The van der Waals surface area contributed by atoms with Gasteiger partial charge < -0.3 is 20.7 Å². The van der Waals surface area contributed by atoms with Crippen LogP contribution in [-0.4, -0.2) is 34.9 Å². The summed E-state index contributed by atoms with van der Waals surface area (Å²) in [6.07, 6.45) is 8.65. The average molecular weight is 525 g/mol. The van der Waals surface area contributed by atoms with E-state index in [1.807, 2.05) is 18.2 Å². The summed E-state index contributed by atoms with van der Waals surface area (Å²) in [5.41, 5.74) is 12.1. The number of nitrogens with two attached hydrogens (primary N) is 1. The van der Waals surface area contributed by atoms with Crippen LogP contribution in [0.3, 0.4) is 0 Å². The van der Waals surface area contributed by atoms with Crippen LogP contribution in [-0.2, 0) is 17.9 Å². The third kappa shape index (κ3) is 8.67. The first kappa shape index (κ1) is 31.5. The minimum atomic E-state index is -0.0424. The molecular weight excluding hydrogens is 489 g/mol. The maximum Gasteiger partial charge on any atom is 0.160 e. The topological polar surface area (TPSA) is 110 Å². The fourth-order valence-electron chi connectivity index (χ4n) is 4.19. The molecule has 0 saturated heterocycles. The highest BCUT2D eigenvalue weighted by atomic mass is 35.5. The lowest BCUT2D eigenvalue weighted by Gasteiger charge is -2.32. The van der Waals surface area contributed by atoms with Crippen LogP contribution in [0.15, 0.2) is 30.5 Å². The molecule has 10 heteroatoms. The van der Waals surface area contributed by atoms with Gasteiger partial charge in [0.05, 0.1) is 7.11 Å². The predicted octanol–water partition coefficient (Wildman–Crippen LogP) is 4.80. The molecule has 1 aliphatic carbocycles. The number of ether oxygens (including phenoxy) is 1. The molecule has 2 unspecified atom stereocenters.